The van der Waals surface area contributed by atoms with Gasteiger partial charge >= 0.3 is 5.97 Å². The number of amides is 1. The predicted molar refractivity (Wildman–Crippen MR) is 81.3 cm³/mol. The number of hydrogen-bond acceptors (Lipinski definition) is 3. The van der Waals surface area contributed by atoms with Crippen molar-refractivity contribution in [1.82, 2.24) is 4.90 Å². The van der Waals surface area contributed by atoms with Gasteiger partial charge in [0.2, 0.25) is 5.91 Å². The van der Waals surface area contributed by atoms with Gasteiger partial charge in [0.1, 0.15) is 0 Å². The van der Waals surface area contributed by atoms with Crippen LogP contribution < -0.4 is 0 Å². The molecular formula is C17H27NO4. The van der Waals surface area contributed by atoms with Crippen LogP contribution >= 0.6 is 0 Å². The van der Waals surface area contributed by atoms with Crippen molar-refractivity contribution in [3.05, 3.63) is 0 Å². The number of carboxylic acids is 1. The highest BCUT2D eigenvalue weighted by atomic mass is 16.5. The zero-order valence-electron chi connectivity index (χ0n) is 13.4. The highest BCUT2D eigenvalue weighted by Crippen LogP contribution is 2.41. The number of carbonyl (C=O) groups is 2. The minimum atomic E-state index is -0.826. The highest BCUT2D eigenvalue weighted by Gasteiger charge is 2.51. The third-order valence-electron chi connectivity index (χ3n) is 5.56. The summed E-state index contributed by atoms with van der Waals surface area (Å²) in [7, 11) is 0. The molecule has 0 aromatic rings. The van der Waals surface area contributed by atoms with E-state index in [1.807, 2.05) is 4.90 Å². The monoisotopic (exact) mass is 309 g/mol. The lowest BCUT2D eigenvalue weighted by molar-refractivity contribution is -0.143. The first-order valence-electron chi connectivity index (χ1n) is 8.71. The van der Waals surface area contributed by atoms with E-state index in [-0.39, 0.29) is 24.0 Å². The van der Waals surface area contributed by atoms with Crippen molar-refractivity contribution in [1.29, 1.82) is 0 Å². The molecule has 124 valence electrons. The molecule has 1 N–H and O–H groups in total. The topological polar surface area (TPSA) is 66.8 Å². The van der Waals surface area contributed by atoms with Crippen LogP contribution in [0.4, 0.5) is 0 Å². The lowest BCUT2D eigenvalue weighted by atomic mass is 9.86. The average molecular weight is 309 g/mol. The maximum atomic E-state index is 12.8. The van der Waals surface area contributed by atoms with E-state index in [0.29, 0.717) is 13.0 Å². The van der Waals surface area contributed by atoms with E-state index in [1.165, 1.54) is 0 Å². The normalized spacial score (nSPS) is 37.8. The third-order valence-corrected chi connectivity index (χ3v) is 5.56. The molecule has 3 aliphatic rings. The van der Waals surface area contributed by atoms with Crippen LogP contribution in [0.3, 0.4) is 0 Å². The second-order valence-electron chi connectivity index (χ2n) is 7.33. The summed E-state index contributed by atoms with van der Waals surface area (Å²) in [6, 6.07) is 0.281. The summed E-state index contributed by atoms with van der Waals surface area (Å²) in [4.78, 5) is 25.8. The van der Waals surface area contributed by atoms with E-state index in [0.717, 1.165) is 51.0 Å². The number of rotatable bonds is 5. The average Bonchev–Trinajstić information content (AvgIpc) is 3.15. The first-order chi connectivity index (χ1) is 10.6. The molecule has 1 heterocycles. The zero-order chi connectivity index (χ0) is 15.7. The van der Waals surface area contributed by atoms with E-state index < -0.39 is 11.9 Å². The Kier molecular flexibility index (Phi) is 4.71. The minimum Gasteiger partial charge on any atom is -0.481 e. The van der Waals surface area contributed by atoms with Crippen LogP contribution in [0.15, 0.2) is 0 Å². The van der Waals surface area contributed by atoms with E-state index in [1.54, 1.807) is 0 Å². The Labute approximate surface area is 132 Å². The van der Waals surface area contributed by atoms with Gasteiger partial charge in [-0.15, -0.1) is 0 Å². The van der Waals surface area contributed by atoms with E-state index in [2.05, 4.69) is 6.92 Å². The Morgan fingerprint density at radius 3 is 2.41 bits per heavy atom. The molecule has 3 fully saturated rings. The fourth-order valence-corrected chi connectivity index (χ4v) is 3.93. The maximum Gasteiger partial charge on any atom is 0.307 e. The van der Waals surface area contributed by atoms with Gasteiger partial charge in [0, 0.05) is 19.2 Å². The molecule has 0 spiro atoms. The molecule has 0 aromatic carbocycles. The van der Waals surface area contributed by atoms with Crippen LogP contribution in [0.2, 0.25) is 0 Å². The molecule has 0 aromatic heterocycles. The van der Waals surface area contributed by atoms with Gasteiger partial charge in [-0.3, -0.25) is 9.59 Å². The van der Waals surface area contributed by atoms with Crippen molar-refractivity contribution < 1.29 is 19.4 Å². The number of aliphatic carboxylic acids is 1. The van der Waals surface area contributed by atoms with E-state index >= 15 is 0 Å². The quantitative estimate of drug-likeness (QED) is 0.846. The summed E-state index contributed by atoms with van der Waals surface area (Å²) in [6.07, 6.45) is 7.15. The summed E-state index contributed by atoms with van der Waals surface area (Å²) in [5.41, 5.74) is 0. The summed E-state index contributed by atoms with van der Waals surface area (Å²) < 4.78 is 5.71. The Balaban J connectivity index is 1.65. The molecular weight excluding hydrogens is 282 g/mol. The molecule has 0 radical (unpaired) electrons. The van der Waals surface area contributed by atoms with Crippen molar-refractivity contribution in [2.45, 2.75) is 64.0 Å². The molecule has 22 heavy (non-hydrogen) atoms. The smallest absolute Gasteiger partial charge is 0.307 e. The molecule has 2 aliphatic carbocycles. The second-order valence-corrected chi connectivity index (χ2v) is 7.33. The van der Waals surface area contributed by atoms with Gasteiger partial charge in [-0.1, -0.05) is 6.92 Å². The largest absolute Gasteiger partial charge is 0.481 e. The van der Waals surface area contributed by atoms with Crippen LogP contribution in [0, 0.1) is 17.8 Å². The van der Waals surface area contributed by atoms with E-state index in [4.69, 9.17) is 9.84 Å². The number of carboxylic acid groups (broad SMARTS) is 1. The van der Waals surface area contributed by atoms with Crippen LogP contribution in [0.5, 0.6) is 0 Å². The molecule has 1 aliphatic heterocycles. The molecule has 2 saturated carbocycles. The summed E-state index contributed by atoms with van der Waals surface area (Å²) in [6.45, 7) is 3.71. The van der Waals surface area contributed by atoms with Gasteiger partial charge in [-0.2, -0.15) is 0 Å². The highest BCUT2D eigenvalue weighted by molar-refractivity contribution is 5.89. The summed E-state index contributed by atoms with van der Waals surface area (Å²) in [5.74, 6) is -0.779. The first-order valence-corrected chi connectivity index (χ1v) is 8.71. The van der Waals surface area contributed by atoms with Gasteiger partial charge in [0.15, 0.2) is 0 Å². The molecule has 5 heteroatoms. The van der Waals surface area contributed by atoms with Crippen LogP contribution in [0.1, 0.15) is 51.9 Å². The fraction of sp³-hybridized carbons (Fsp3) is 0.882. The van der Waals surface area contributed by atoms with Crippen LogP contribution in [0.25, 0.3) is 0 Å². The third kappa shape index (κ3) is 3.45. The Morgan fingerprint density at radius 1 is 1.14 bits per heavy atom. The lowest BCUT2D eigenvalue weighted by Crippen LogP contribution is -2.47. The Bertz CT molecular complexity index is 424. The van der Waals surface area contributed by atoms with Gasteiger partial charge in [-0.25, -0.2) is 0 Å². The van der Waals surface area contributed by atoms with Gasteiger partial charge in [0.05, 0.1) is 17.9 Å². The van der Waals surface area contributed by atoms with Crippen LogP contribution in [-0.4, -0.2) is 47.2 Å². The molecule has 5 nitrogen and oxygen atoms in total. The molecule has 3 rings (SSSR count). The molecule has 1 saturated heterocycles. The lowest BCUT2D eigenvalue weighted by Gasteiger charge is -2.37. The fourth-order valence-electron chi connectivity index (χ4n) is 3.93. The SMILES string of the molecule is CC1CCC(N(CC2CCCO2)C(=O)C2CC2C(=O)O)CC1. The predicted octanol–water partition coefficient (Wildman–Crippen LogP) is 2.29. The number of carbonyl (C=O) groups excluding carboxylic acids is 1. The van der Waals surface area contributed by atoms with Crippen molar-refractivity contribution in [2.24, 2.45) is 17.8 Å². The number of ether oxygens (including phenoxy) is 1. The van der Waals surface area contributed by atoms with Crippen molar-refractivity contribution in [3.63, 3.8) is 0 Å². The Morgan fingerprint density at radius 2 is 1.86 bits per heavy atom. The van der Waals surface area contributed by atoms with Crippen molar-refractivity contribution in [3.8, 4) is 0 Å². The van der Waals surface area contributed by atoms with Crippen molar-refractivity contribution in [2.75, 3.05) is 13.2 Å². The van der Waals surface area contributed by atoms with Gasteiger partial charge in [-0.05, 0) is 50.9 Å². The second kappa shape index (κ2) is 6.57. The zero-order valence-corrected chi connectivity index (χ0v) is 13.4. The molecule has 3 unspecified atom stereocenters. The number of nitrogens with zero attached hydrogens (tertiary/aromatic N) is 1. The van der Waals surface area contributed by atoms with Gasteiger partial charge < -0.3 is 14.7 Å². The van der Waals surface area contributed by atoms with E-state index in [9.17, 15) is 9.59 Å². The number of hydrogen-bond donors (Lipinski definition) is 1. The maximum absolute atomic E-state index is 12.8. The molecule has 3 atom stereocenters. The molecule has 0 bridgehead atoms. The first kappa shape index (κ1) is 15.8. The summed E-state index contributed by atoms with van der Waals surface area (Å²) in [5, 5.41) is 9.09. The standard InChI is InChI=1S/C17H27NO4/c1-11-4-6-12(7-5-11)18(10-13-3-2-8-22-13)16(19)14-9-15(14)17(20)21/h11-15H,2-10H2,1H3,(H,20,21). The minimum absolute atomic E-state index is 0.0578. The van der Waals surface area contributed by atoms with Crippen molar-refractivity contribution >= 4 is 11.9 Å². The summed E-state index contributed by atoms with van der Waals surface area (Å²) >= 11 is 0. The van der Waals surface area contributed by atoms with Gasteiger partial charge in [0.25, 0.3) is 0 Å². The Hall–Kier alpha value is -1.10. The molecule has 1 amide bonds. The van der Waals surface area contributed by atoms with Crippen LogP contribution in [-0.2, 0) is 14.3 Å².